The van der Waals surface area contributed by atoms with E-state index in [9.17, 15) is 5.11 Å². The zero-order valence-electron chi connectivity index (χ0n) is 11.5. The van der Waals surface area contributed by atoms with Gasteiger partial charge in [-0.05, 0) is 37.6 Å². The summed E-state index contributed by atoms with van der Waals surface area (Å²) in [5.41, 5.74) is 2.41. The van der Waals surface area contributed by atoms with Crippen molar-refractivity contribution < 1.29 is 5.11 Å². The normalized spacial score (nSPS) is 20.4. The minimum atomic E-state index is 0.214. The van der Waals surface area contributed by atoms with Gasteiger partial charge in [0.15, 0.2) is 0 Å². The summed E-state index contributed by atoms with van der Waals surface area (Å²) in [5, 5.41) is 13.6. The number of halogens is 1. The van der Waals surface area contributed by atoms with Crippen LogP contribution in [0, 0.1) is 0 Å². The second kappa shape index (κ2) is 7.13. The van der Waals surface area contributed by atoms with Crippen LogP contribution in [0.4, 0.5) is 5.69 Å². The molecule has 0 amide bonds. The number of hydrogen-bond acceptors (Lipinski definition) is 3. The summed E-state index contributed by atoms with van der Waals surface area (Å²) >= 11 is 6.16. The molecule has 0 spiro atoms. The summed E-state index contributed by atoms with van der Waals surface area (Å²) in [7, 11) is 1.95. The Kier molecular flexibility index (Phi) is 5.49. The molecule has 1 fully saturated rings. The topological polar surface area (TPSA) is 35.5 Å². The quantitative estimate of drug-likeness (QED) is 0.891. The van der Waals surface area contributed by atoms with Crippen LogP contribution in [0.25, 0.3) is 0 Å². The molecular weight excluding hydrogens is 260 g/mol. The number of nitrogens with one attached hydrogen (secondary N) is 1. The van der Waals surface area contributed by atoms with Crippen molar-refractivity contribution in [1.82, 2.24) is 5.32 Å². The van der Waals surface area contributed by atoms with E-state index in [-0.39, 0.29) is 12.6 Å². The van der Waals surface area contributed by atoms with Gasteiger partial charge in [-0.15, -0.1) is 0 Å². The molecule has 1 saturated heterocycles. The number of aliphatic hydroxyl groups excluding tert-OH is 1. The zero-order valence-corrected chi connectivity index (χ0v) is 12.3. The number of nitrogens with zero attached hydrogens (tertiary/aromatic N) is 1. The van der Waals surface area contributed by atoms with E-state index in [1.807, 2.05) is 19.2 Å². The first-order valence-corrected chi connectivity index (χ1v) is 7.44. The Morgan fingerprint density at radius 3 is 2.95 bits per heavy atom. The Balaban J connectivity index is 2.33. The van der Waals surface area contributed by atoms with Crippen LogP contribution in [0.15, 0.2) is 18.2 Å². The van der Waals surface area contributed by atoms with E-state index in [0.717, 1.165) is 24.5 Å². The lowest BCUT2D eigenvalue weighted by atomic mass is 10.1. The molecule has 0 aromatic heterocycles. The van der Waals surface area contributed by atoms with E-state index in [2.05, 4.69) is 16.3 Å². The molecular formula is C15H23ClN2O. The summed E-state index contributed by atoms with van der Waals surface area (Å²) < 4.78 is 0. The van der Waals surface area contributed by atoms with Crippen LogP contribution in [0.1, 0.15) is 31.2 Å². The summed E-state index contributed by atoms with van der Waals surface area (Å²) in [4.78, 5) is 2.34. The van der Waals surface area contributed by atoms with Crippen LogP contribution in [0.2, 0.25) is 5.02 Å². The minimum Gasteiger partial charge on any atom is -0.394 e. The third-order valence-corrected chi connectivity index (χ3v) is 4.05. The average molecular weight is 283 g/mol. The van der Waals surface area contributed by atoms with Crippen molar-refractivity contribution in [3.05, 3.63) is 28.8 Å². The SMILES string of the molecule is CNCc1ccc(Cl)cc1N1CCCCCC1CO. The van der Waals surface area contributed by atoms with Crippen molar-refractivity contribution in [3.63, 3.8) is 0 Å². The Labute approximate surface area is 120 Å². The van der Waals surface area contributed by atoms with Crippen molar-refractivity contribution in [2.24, 2.45) is 0 Å². The maximum atomic E-state index is 9.65. The highest BCUT2D eigenvalue weighted by atomic mass is 35.5. The van der Waals surface area contributed by atoms with E-state index in [1.165, 1.54) is 30.5 Å². The van der Waals surface area contributed by atoms with Crippen LogP contribution in [-0.4, -0.2) is 31.3 Å². The zero-order chi connectivity index (χ0) is 13.7. The molecule has 1 aromatic carbocycles. The predicted molar refractivity (Wildman–Crippen MR) is 80.9 cm³/mol. The molecule has 1 unspecified atom stereocenters. The number of anilines is 1. The Bertz CT molecular complexity index is 411. The van der Waals surface area contributed by atoms with Crippen molar-refractivity contribution >= 4 is 17.3 Å². The van der Waals surface area contributed by atoms with Gasteiger partial charge in [0.1, 0.15) is 0 Å². The molecule has 0 aliphatic carbocycles. The van der Waals surface area contributed by atoms with E-state index in [1.54, 1.807) is 0 Å². The van der Waals surface area contributed by atoms with Crippen LogP contribution in [0.3, 0.4) is 0 Å². The average Bonchev–Trinajstić information content (AvgIpc) is 2.66. The summed E-state index contributed by atoms with van der Waals surface area (Å²) in [6.45, 7) is 2.04. The van der Waals surface area contributed by atoms with Gasteiger partial charge in [-0.25, -0.2) is 0 Å². The third-order valence-electron chi connectivity index (χ3n) is 3.81. The Hall–Kier alpha value is -0.770. The van der Waals surface area contributed by atoms with Crippen molar-refractivity contribution in [1.29, 1.82) is 0 Å². The highest BCUT2D eigenvalue weighted by molar-refractivity contribution is 6.30. The van der Waals surface area contributed by atoms with Gasteiger partial charge in [0, 0.05) is 23.8 Å². The fourth-order valence-electron chi connectivity index (χ4n) is 2.83. The minimum absolute atomic E-state index is 0.214. The fraction of sp³-hybridized carbons (Fsp3) is 0.600. The number of aliphatic hydroxyl groups is 1. The molecule has 4 heteroatoms. The van der Waals surface area contributed by atoms with Gasteiger partial charge in [0.2, 0.25) is 0 Å². The Morgan fingerprint density at radius 2 is 2.21 bits per heavy atom. The second-order valence-corrected chi connectivity index (χ2v) is 5.62. The predicted octanol–water partition coefficient (Wildman–Crippen LogP) is 2.80. The van der Waals surface area contributed by atoms with Crippen molar-refractivity contribution in [2.45, 2.75) is 38.3 Å². The van der Waals surface area contributed by atoms with Crippen LogP contribution in [0.5, 0.6) is 0 Å². The van der Waals surface area contributed by atoms with Gasteiger partial charge in [0.25, 0.3) is 0 Å². The van der Waals surface area contributed by atoms with E-state index in [4.69, 9.17) is 11.6 Å². The summed E-state index contributed by atoms with van der Waals surface area (Å²) in [6, 6.07) is 6.26. The second-order valence-electron chi connectivity index (χ2n) is 5.18. The van der Waals surface area contributed by atoms with Crippen LogP contribution >= 0.6 is 11.6 Å². The largest absolute Gasteiger partial charge is 0.394 e. The molecule has 1 atom stereocenters. The highest BCUT2D eigenvalue weighted by Crippen LogP contribution is 2.30. The molecule has 2 N–H and O–H groups in total. The monoisotopic (exact) mass is 282 g/mol. The molecule has 2 rings (SSSR count). The van der Waals surface area contributed by atoms with Gasteiger partial charge in [-0.2, -0.15) is 0 Å². The first-order valence-electron chi connectivity index (χ1n) is 7.06. The molecule has 0 radical (unpaired) electrons. The highest BCUT2D eigenvalue weighted by Gasteiger charge is 2.22. The lowest BCUT2D eigenvalue weighted by Gasteiger charge is -2.32. The first-order chi connectivity index (χ1) is 9.26. The Morgan fingerprint density at radius 1 is 1.37 bits per heavy atom. The van der Waals surface area contributed by atoms with E-state index >= 15 is 0 Å². The molecule has 0 saturated carbocycles. The van der Waals surface area contributed by atoms with Gasteiger partial charge in [0.05, 0.1) is 12.6 Å². The van der Waals surface area contributed by atoms with E-state index < -0.39 is 0 Å². The smallest absolute Gasteiger partial charge is 0.0635 e. The molecule has 1 aliphatic rings. The van der Waals surface area contributed by atoms with Crippen LogP contribution in [-0.2, 0) is 6.54 Å². The lowest BCUT2D eigenvalue weighted by molar-refractivity contribution is 0.255. The molecule has 1 heterocycles. The molecule has 1 aliphatic heterocycles. The third kappa shape index (κ3) is 3.62. The van der Waals surface area contributed by atoms with Gasteiger partial charge >= 0.3 is 0 Å². The number of rotatable bonds is 4. The molecule has 19 heavy (non-hydrogen) atoms. The van der Waals surface area contributed by atoms with E-state index in [0.29, 0.717) is 0 Å². The number of benzene rings is 1. The summed E-state index contributed by atoms with van der Waals surface area (Å²) in [6.07, 6.45) is 4.68. The van der Waals surface area contributed by atoms with Crippen LogP contribution < -0.4 is 10.2 Å². The van der Waals surface area contributed by atoms with Gasteiger partial charge < -0.3 is 15.3 Å². The standard InChI is InChI=1S/C15H23ClN2O/c1-17-10-12-6-7-13(16)9-15(12)18-8-4-2-3-5-14(18)11-19/h6-7,9,14,17,19H,2-5,8,10-11H2,1H3. The lowest BCUT2D eigenvalue weighted by Crippen LogP contribution is -2.38. The van der Waals surface area contributed by atoms with Gasteiger partial charge in [-0.1, -0.05) is 30.5 Å². The summed E-state index contributed by atoms with van der Waals surface area (Å²) in [5.74, 6) is 0. The van der Waals surface area contributed by atoms with Crippen molar-refractivity contribution in [3.8, 4) is 0 Å². The fourth-order valence-corrected chi connectivity index (χ4v) is 2.99. The molecule has 1 aromatic rings. The maximum Gasteiger partial charge on any atom is 0.0635 e. The van der Waals surface area contributed by atoms with Gasteiger partial charge in [-0.3, -0.25) is 0 Å². The number of hydrogen-bond donors (Lipinski definition) is 2. The molecule has 0 bridgehead atoms. The molecule has 106 valence electrons. The first kappa shape index (κ1) is 14.6. The molecule has 3 nitrogen and oxygen atoms in total. The van der Waals surface area contributed by atoms with Crippen molar-refractivity contribution in [2.75, 3.05) is 25.1 Å². The maximum absolute atomic E-state index is 9.65.